The third-order valence-electron chi connectivity index (χ3n) is 5.47. The van der Waals surface area contributed by atoms with Crippen molar-refractivity contribution in [1.82, 2.24) is 10.2 Å². The second-order valence-corrected chi connectivity index (χ2v) is 6.52. The normalized spacial score (nSPS) is 33.0. The summed E-state index contributed by atoms with van der Waals surface area (Å²) in [6.45, 7) is 4.62. The third kappa shape index (κ3) is 3.16. The molecule has 5 nitrogen and oxygen atoms in total. The Hall–Kier alpha value is -1.26. The predicted molar refractivity (Wildman–Crippen MR) is 81.2 cm³/mol. The molecule has 2 fully saturated rings. The van der Waals surface area contributed by atoms with Gasteiger partial charge in [0.1, 0.15) is 5.54 Å². The minimum atomic E-state index is -0.995. The molecule has 2 amide bonds. The summed E-state index contributed by atoms with van der Waals surface area (Å²) in [5, 5.41) is 12.6. The molecule has 0 aromatic rings. The summed E-state index contributed by atoms with van der Waals surface area (Å²) in [6.07, 6.45) is 7.39. The van der Waals surface area contributed by atoms with Crippen molar-refractivity contribution in [3.05, 3.63) is 0 Å². The molecule has 2 N–H and O–H groups in total. The number of aliphatic carboxylic acids is 1. The third-order valence-corrected chi connectivity index (χ3v) is 5.47. The molecule has 120 valence electrons. The zero-order valence-corrected chi connectivity index (χ0v) is 13.2. The van der Waals surface area contributed by atoms with E-state index in [-0.39, 0.29) is 12.1 Å². The maximum absolute atomic E-state index is 12.5. The SMILES string of the molecule is CCC1CCC(NC(=O)N2CCCC2(CC)C(=O)O)CC1. The molecule has 0 aromatic carbocycles. The van der Waals surface area contributed by atoms with Crippen molar-refractivity contribution < 1.29 is 14.7 Å². The molecule has 1 heterocycles. The highest BCUT2D eigenvalue weighted by Crippen LogP contribution is 2.33. The first-order valence-corrected chi connectivity index (χ1v) is 8.35. The summed E-state index contributed by atoms with van der Waals surface area (Å²) in [5.41, 5.74) is -0.995. The van der Waals surface area contributed by atoms with Crippen LogP contribution in [0.3, 0.4) is 0 Å². The Morgan fingerprint density at radius 1 is 1.24 bits per heavy atom. The van der Waals surface area contributed by atoms with Gasteiger partial charge in [-0.15, -0.1) is 0 Å². The Balaban J connectivity index is 1.95. The molecule has 1 aliphatic heterocycles. The molecule has 0 radical (unpaired) electrons. The Bertz CT molecular complexity index is 391. The molecule has 2 rings (SSSR count). The smallest absolute Gasteiger partial charge is 0.329 e. The van der Waals surface area contributed by atoms with E-state index in [1.165, 1.54) is 19.3 Å². The fourth-order valence-electron chi connectivity index (χ4n) is 3.88. The quantitative estimate of drug-likeness (QED) is 0.838. The highest BCUT2D eigenvalue weighted by Gasteiger charge is 2.48. The topological polar surface area (TPSA) is 69.6 Å². The van der Waals surface area contributed by atoms with Crippen molar-refractivity contribution >= 4 is 12.0 Å². The van der Waals surface area contributed by atoms with Crippen molar-refractivity contribution in [2.75, 3.05) is 6.54 Å². The average Bonchev–Trinajstić information content (AvgIpc) is 2.93. The molecular weight excluding hydrogens is 268 g/mol. The van der Waals surface area contributed by atoms with Gasteiger partial charge in [-0.1, -0.05) is 20.3 Å². The number of carboxylic acids is 1. The summed E-state index contributed by atoms with van der Waals surface area (Å²) in [4.78, 5) is 25.7. The van der Waals surface area contributed by atoms with Gasteiger partial charge in [0, 0.05) is 12.6 Å². The van der Waals surface area contributed by atoms with E-state index in [0.717, 1.165) is 25.2 Å². The highest BCUT2D eigenvalue weighted by atomic mass is 16.4. The Morgan fingerprint density at radius 3 is 2.43 bits per heavy atom. The maximum Gasteiger partial charge on any atom is 0.329 e. The number of likely N-dealkylation sites (tertiary alicyclic amines) is 1. The van der Waals surface area contributed by atoms with Gasteiger partial charge in [-0.3, -0.25) is 0 Å². The molecule has 0 bridgehead atoms. The number of urea groups is 1. The lowest BCUT2D eigenvalue weighted by atomic mass is 9.84. The summed E-state index contributed by atoms with van der Waals surface area (Å²) in [6, 6.07) is 0.0287. The number of hydrogen-bond donors (Lipinski definition) is 2. The Morgan fingerprint density at radius 2 is 1.90 bits per heavy atom. The van der Waals surface area contributed by atoms with Crippen molar-refractivity contribution in [3.63, 3.8) is 0 Å². The molecular formula is C16H28N2O3. The lowest BCUT2D eigenvalue weighted by Gasteiger charge is -2.36. The number of nitrogens with one attached hydrogen (secondary N) is 1. The van der Waals surface area contributed by atoms with Crippen LogP contribution in [0.2, 0.25) is 0 Å². The number of rotatable bonds is 4. The van der Waals surface area contributed by atoms with Crippen LogP contribution in [0.15, 0.2) is 0 Å². The number of hydrogen-bond acceptors (Lipinski definition) is 2. The van der Waals surface area contributed by atoms with Crippen molar-refractivity contribution in [2.24, 2.45) is 5.92 Å². The van der Waals surface area contributed by atoms with Gasteiger partial charge >= 0.3 is 12.0 Å². The van der Waals surface area contributed by atoms with Crippen molar-refractivity contribution in [2.45, 2.75) is 76.8 Å². The van der Waals surface area contributed by atoms with Crippen LogP contribution >= 0.6 is 0 Å². The van der Waals surface area contributed by atoms with Gasteiger partial charge in [-0.2, -0.15) is 0 Å². The van der Waals surface area contributed by atoms with Crippen LogP contribution in [0.25, 0.3) is 0 Å². The fraction of sp³-hybridized carbons (Fsp3) is 0.875. The summed E-state index contributed by atoms with van der Waals surface area (Å²) >= 11 is 0. The first-order chi connectivity index (χ1) is 10.0. The fourth-order valence-corrected chi connectivity index (χ4v) is 3.88. The van der Waals surface area contributed by atoms with E-state index in [1.54, 1.807) is 4.90 Å². The summed E-state index contributed by atoms with van der Waals surface area (Å²) in [7, 11) is 0. The lowest BCUT2D eigenvalue weighted by Crippen LogP contribution is -2.57. The van der Waals surface area contributed by atoms with E-state index in [4.69, 9.17) is 0 Å². The average molecular weight is 296 g/mol. The van der Waals surface area contributed by atoms with Gasteiger partial charge in [-0.05, 0) is 50.9 Å². The summed E-state index contributed by atoms with van der Waals surface area (Å²) < 4.78 is 0. The summed E-state index contributed by atoms with van der Waals surface area (Å²) in [5.74, 6) is -0.0777. The molecule has 0 aromatic heterocycles. The van der Waals surface area contributed by atoms with Crippen LogP contribution in [0, 0.1) is 5.92 Å². The van der Waals surface area contributed by atoms with E-state index in [0.29, 0.717) is 19.4 Å². The Kier molecular flexibility index (Phi) is 5.12. The van der Waals surface area contributed by atoms with Gasteiger partial charge in [-0.25, -0.2) is 9.59 Å². The molecule has 1 saturated carbocycles. The van der Waals surface area contributed by atoms with Gasteiger partial charge in [0.15, 0.2) is 0 Å². The van der Waals surface area contributed by atoms with Crippen LogP contribution in [0.4, 0.5) is 4.79 Å². The zero-order valence-electron chi connectivity index (χ0n) is 13.2. The minimum absolute atomic E-state index is 0.184. The number of carbonyl (C=O) groups excluding carboxylic acids is 1. The van der Waals surface area contributed by atoms with Crippen molar-refractivity contribution in [3.8, 4) is 0 Å². The number of carboxylic acid groups (broad SMARTS) is 1. The molecule has 1 unspecified atom stereocenters. The van der Waals surface area contributed by atoms with Crippen LogP contribution in [0.5, 0.6) is 0 Å². The number of carbonyl (C=O) groups is 2. The zero-order chi connectivity index (χ0) is 15.5. The van der Waals surface area contributed by atoms with E-state index in [9.17, 15) is 14.7 Å². The van der Waals surface area contributed by atoms with Gasteiger partial charge in [0.05, 0.1) is 0 Å². The number of amides is 2. The second kappa shape index (κ2) is 6.67. The molecule has 1 atom stereocenters. The predicted octanol–water partition coefficient (Wildman–Crippen LogP) is 2.99. The Labute approximate surface area is 127 Å². The van der Waals surface area contributed by atoms with Gasteiger partial charge in [0.25, 0.3) is 0 Å². The molecule has 5 heteroatoms. The van der Waals surface area contributed by atoms with Crippen LogP contribution in [-0.4, -0.2) is 40.1 Å². The number of nitrogens with zero attached hydrogens (tertiary/aromatic N) is 1. The maximum atomic E-state index is 12.5. The molecule has 21 heavy (non-hydrogen) atoms. The molecule has 1 saturated heterocycles. The van der Waals surface area contributed by atoms with Crippen molar-refractivity contribution in [1.29, 1.82) is 0 Å². The first-order valence-electron chi connectivity index (χ1n) is 8.35. The molecule has 2 aliphatic rings. The molecule has 1 aliphatic carbocycles. The molecule has 0 spiro atoms. The van der Waals surface area contributed by atoms with E-state index >= 15 is 0 Å². The van der Waals surface area contributed by atoms with E-state index < -0.39 is 11.5 Å². The monoisotopic (exact) mass is 296 g/mol. The first kappa shape index (κ1) is 16.1. The van der Waals surface area contributed by atoms with E-state index in [2.05, 4.69) is 12.2 Å². The lowest BCUT2D eigenvalue weighted by molar-refractivity contribution is -0.148. The highest BCUT2D eigenvalue weighted by molar-refractivity contribution is 5.87. The van der Waals surface area contributed by atoms with Crippen LogP contribution in [-0.2, 0) is 4.79 Å². The second-order valence-electron chi connectivity index (χ2n) is 6.52. The van der Waals surface area contributed by atoms with E-state index in [1.807, 2.05) is 6.92 Å². The van der Waals surface area contributed by atoms with Gasteiger partial charge in [0.2, 0.25) is 0 Å². The largest absolute Gasteiger partial charge is 0.479 e. The van der Waals surface area contributed by atoms with Crippen LogP contribution < -0.4 is 5.32 Å². The van der Waals surface area contributed by atoms with Gasteiger partial charge < -0.3 is 15.3 Å². The van der Waals surface area contributed by atoms with Crippen LogP contribution in [0.1, 0.15) is 65.2 Å². The minimum Gasteiger partial charge on any atom is -0.479 e. The standard InChI is InChI=1S/C16H28N2O3/c1-3-12-6-8-13(9-7-12)17-15(21)18-11-5-10-16(18,4-2)14(19)20/h12-13H,3-11H2,1-2H3,(H,17,21)(H,19,20).